The summed E-state index contributed by atoms with van der Waals surface area (Å²) in [6.45, 7) is 0. The van der Waals surface area contributed by atoms with Crippen LogP contribution in [0, 0.1) is 0 Å². The SMILES string of the molecule is O=C([O-])CBr.[Cs+]. The largest absolute Gasteiger partial charge is 1.00 e. The Hall–Kier alpha value is 2.00. The molecule has 0 rings (SSSR count). The predicted octanol–water partition coefficient (Wildman–Crippen LogP) is -3.86. The zero-order valence-corrected chi connectivity index (χ0v) is 11.3. The summed E-state index contributed by atoms with van der Waals surface area (Å²) in [7, 11) is 0. The molecule has 0 aromatic carbocycles. The minimum absolute atomic E-state index is 0. The molecule has 0 aliphatic heterocycles. The van der Waals surface area contributed by atoms with Gasteiger partial charge in [-0.3, -0.25) is 0 Å². The standard InChI is InChI=1S/C2H3BrO2.Cs/c3-1-2(4)5;/h1H2,(H,4,5);/q;+1/p-1. The Balaban J connectivity index is 0. The van der Waals surface area contributed by atoms with E-state index in [9.17, 15) is 9.90 Å². The van der Waals surface area contributed by atoms with Gasteiger partial charge in [-0.05, 0) is 0 Å². The summed E-state index contributed by atoms with van der Waals surface area (Å²) in [6.07, 6.45) is 0. The Morgan fingerprint density at radius 2 is 2.00 bits per heavy atom. The first kappa shape index (κ1) is 10.9. The first-order chi connectivity index (χ1) is 2.27. The summed E-state index contributed by atoms with van der Waals surface area (Å²) in [5.74, 6) is -1.08. The number of rotatable bonds is 1. The third-order valence-corrected chi connectivity index (χ3v) is 0.567. The zero-order valence-electron chi connectivity index (χ0n) is 3.40. The third kappa shape index (κ3) is 9.38. The molecule has 0 N–H and O–H groups in total. The predicted molar refractivity (Wildman–Crippen MR) is 18.8 cm³/mol. The average molecular weight is 271 g/mol. The van der Waals surface area contributed by atoms with Crippen molar-refractivity contribution in [2.45, 2.75) is 0 Å². The molecule has 0 atom stereocenters. The zero-order chi connectivity index (χ0) is 4.28. The fraction of sp³-hybridized carbons (Fsp3) is 0.500. The molecule has 0 aliphatic carbocycles. The van der Waals surface area contributed by atoms with E-state index in [1.165, 1.54) is 0 Å². The second-order valence-electron chi connectivity index (χ2n) is 0.506. The average Bonchev–Trinajstić information content (AvgIpc) is 1.38. The molecule has 30 valence electrons. The second-order valence-corrected chi connectivity index (χ2v) is 1.07. The van der Waals surface area contributed by atoms with Crippen LogP contribution in [0.4, 0.5) is 0 Å². The van der Waals surface area contributed by atoms with E-state index in [4.69, 9.17) is 0 Å². The van der Waals surface area contributed by atoms with Crippen molar-refractivity contribution in [1.29, 1.82) is 0 Å². The van der Waals surface area contributed by atoms with Gasteiger partial charge >= 0.3 is 68.9 Å². The van der Waals surface area contributed by atoms with Gasteiger partial charge in [-0.2, -0.15) is 0 Å². The van der Waals surface area contributed by atoms with E-state index in [-0.39, 0.29) is 74.2 Å². The van der Waals surface area contributed by atoms with Gasteiger partial charge in [0.05, 0.1) is 5.97 Å². The van der Waals surface area contributed by atoms with E-state index in [2.05, 4.69) is 15.9 Å². The molecular weight excluding hydrogens is 269 g/mol. The quantitative estimate of drug-likeness (QED) is 0.458. The fourth-order valence-corrected chi connectivity index (χ4v) is 0. The van der Waals surface area contributed by atoms with Crippen LogP contribution >= 0.6 is 15.9 Å². The molecule has 6 heavy (non-hydrogen) atoms. The van der Waals surface area contributed by atoms with Crippen LogP contribution in [0.3, 0.4) is 0 Å². The van der Waals surface area contributed by atoms with Crippen molar-refractivity contribution in [3.8, 4) is 0 Å². The number of aliphatic carboxylic acids is 1. The molecule has 0 heterocycles. The molecule has 4 heteroatoms. The van der Waals surface area contributed by atoms with Crippen molar-refractivity contribution in [3.05, 3.63) is 0 Å². The minimum Gasteiger partial charge on any atom is -0.549 e. The Kier molecular flexibility index (Phi) is 12.7. The van der Waals surface area contributed by atoms with Crippen LogP contribution in [-0.2, 0) is 4.79 Å². The number of carboxylic acids is 1. The van der Waals surface area contributed by atoms with Gasteiger partial charge in [0.15, 0.2) is 0 Å². The number of carboxylic acid groups (broad SMARTS) is 1. The number of hydrogen-bond donors (Lipinski definition) is 0. The number of carbonyl (C=O) groups is 1. The molecule has 0 saturated carbocycles. The van der Waals surface area contributed by atoms with Gasteiger partial charge in [0.1, 0.15) is 0 Å². The van der Waals surface area contributed by atoms with Crippen LogP contribution in [-0.4, -0.2) is 11.3 Å². The van der Waals surface area contributed by atoms with E-state index in [1.807, 2.05) is 0 Å². The maximum absolute atomic E-state index is 9.21. The third-order valence-electron chi connectivity index (χ3n) is 0.109. The summed E-state index contributed by atoms with van der Waals surface area (Å²) >= 11 is 2.65. The molecule has 0 bridgehead atoms. The first-order valence-electron chi connectivity index (χ1n) is 1.03. The van der Waals surface area contributed by atoms with Crippen molar-refractivity contribution in [1.82, 2.24) is 0 Å². The Labute approximate surface area is 103 Å². The molecule has 0 fully saturated rings. The maximum Gasteiger partial charge on any atom is 1.00 e. The molecule has 0 spiro atoms. The van der Waals surface area contributed by atoms with Gasteiger partial charge in [-0.15, -0.1) is 0 Å². The fourth-order valence-electron chi connectivity index (χ4n) is 0. The Morgan fingerprint density at radius 3 is 2.00 bits per heavy atom. The van der Waals surface area contributed by atoms with E-state index < -0.39 is 5.97 Å². The topological polar surface area (TPSA) is 40.1 Å². The van der Waals surface area contributed by atoms with E-state index in [0.29, 0.717) is 0 Å². The van der Waals surface area contributed by atoms with Crippen LogP contribution in [0.5, 0.6) is 0 Å². The van der Waals surface area contributed by atoms with Gasteiger partial charge in [-0.1, -0.05) is 15.9 Å². The van der Waals surface area contributed by atoms with E-state index in [0.717, 1.165) is 0 Å². The van der Waals surface area contributed by atoms with Gasteiger partial charge in [-0.25, -0.2) is 0 Å². The Morgan fingerprint density at radius 1 is 1.83 bits per heavy atom. The van der Waals surface area contributed by atoms with E-state index in [1.54, 1.807) is 0 Å². The van der Waals surface area contributed by atoms with Crippen molar-refractivity contribution >= 4 is 21.9 Å². The van der Waals surface area contributed by atoms with Crippen LogP contribution in [0.15, 0.2) is 0 Å². The monoisotopic (exact) mass is 270 g/mol. The van der Waals surface area contributed by atoms with E-state index >= 15 is 0 Å². The summed E-state index contributed by atoms with van der Waals surface area (Å²) in [5.41, 5.74) is 0. The molecule has 2 nitrogen and oxygen atoms in total. The molecule has 0 radical (unpaired) electrons. The summed E-state index contributed by atoms with van der Waals surface area (Å²) in [4.78, 5) is 9.21. The normalized spacial score (nSPS) is 6.17. The molecule has 0 unspecified atom stereocenters. The first-order valence-corrected chi connectivity index (χ1v) is 2.15. The number of hydrogen-bond acceptors (Lipinski definition) is 2. The molecule has 0 amide bonds. The molecule has 0 aromatic heterocycles. The maximum atomic E-state index is 9.21. The molecule has 0 aliphatic rings. The van der Waals surface area contributed by atoms with Crippen molar-refractivity contribution in [2.24, 2.45) is 0 Å². The van der Waals surface area contributed by atoms with Gasteiger partial charge in [0.25, 0.3) is 0 Å². The van der Waals surface area contributed by atoms with Crippen LogP contribution < -0.4 is 74.0 Å². The van der Waals surface area contributed by atoms with Gasteiger partial charge < -0.3 is 9.90 Å². The minimum atomic E-state index is -1.08. The Bertz CT molecular complexity index is 46.8. The summed E-state index contributed by atoms with van der Waals surface area (Å²) in [6, 6.07) is 0. The number of halogens is 1. The second kappa shape index (κ2) is 7.00. The number of carbonyl (C=O) groups excluding carboxylic acids is 1. The molecular formula is C2H2BrCsO2. The van der Waals surface area contributed by atoms with Crippen molar-refractivity contribution < 1.29 is 78.8 Å². The summed E-state index contributed by atoms with van der Waals surface area (Å²) < 4.78 is 0. The van der Waals surface area contributed by atoms with Gasteiger partial charge in [0.2, 0.25) is 0 Å². The smallest absolute Gasteiger partial charge is 0.549 e. The number of alkyl halides is 1. The van der Waals surface area contributed by atoms with Crippen LogP contribution in [0.1, 0.15) is 0 Å². The summed E-state index contributed by atoms with van der Waals surface area (Å²) in [5, 5.41) is 9.13. The van der Waals surface area contributed by atoms with Crippen LogP contribution in [0.2, 0.25) is 0 Å². The van der Waals surface area contributed by atoms with Crippen molar-refractivity contribution in [2.75, 3.05) is 5.33 Å². The molecule has 0 saturated heterocycles. The molecule has 0 aromatic rings. The van der Waals surface area contributed by atoms with Crippen molar-refractivity contribution in [3.63, 3.8) is 0 Å². The van der Waals surface area contributed by atoms with Crippen LogP contribution in [0.25, 0.3) is 0 Å². The van der Waals surface area contributed by atoms with Gasteiger partial charge in [0, 0.05) is 5.33 Å².